The molecule has 2 rings (SSSR count). The summed E-state index contributed by atoms with van der Waals surface area (Å²) < 4.78 is 13.5. The van der Waals surface area contributed by atoms with Crippen molar-refractivity contribution in [3.8, 4) is 6.07 Å². The summed E-state index contributed by atoms with van der Waals surface area (Å²) in [5.74, 6) is -0.345. The molecule has 18 heavy (non-hydrogen) atoms. The summed E-state index contributed by atoms with van der Waals surface area (Å²) in [6.07, 6.45) is 0. The molecule has 1 N–H and O–H groups in total. The molecule has 1 aromatic carbocycles. The van der Waals surface area contributed by atoms with Crippen LogP contribution in [0.3, 0.4) is 0 Å². The van der Waals surface area contributed by atoms with Crippen molar-refractivity contribution in [2.75, 3.05) is 5.32 Å². The molecular weight excluding hydrogens is 247 g/mol. The molecule has 0 aliphatic carbocycles. The lowest BCUT2D eigenvalue weighted by molar-refractivity contribution is 0.629. The molecule has 92 valence electrons. The zero-order valence-electron chi connectivity index (χ0n) is 10.2. The van der Waals surface area contributed by atoms with E-state index in [1.165, 1.54) is 6.07 Å². The van der Waals surface area contributed by atoms with E-state index in [0.29, 0.717) is 5.69 Å². The summed E-state index contributed by atoms with van der Waals surface area (Å²) in [4.78, 5) is 2.24. The van der Waals surface area contributed by atoms with Crippen LogP contribution in [0.5, 0.6) is 0 Å². The third-order valence-electron chi connectivity index (χ3n) is 2.69. The second-order valence-electron chi connectivity index (χ2n) is 4.05. The van der Waals surface area contributed by atoms with Crippen LogP contribution < -0.4 is 5.32 Å². The van der Waals surface area contributed by atoms with Crippen molar-refractivity contribution in [1.82, 2.24) is 0 Å². The van der Waals surface area contributed by atoms with Crippen LogP contribution in [0.25, 0.3) is 0 Å². The normalized spacial score (nSPS) is 11.9. The molecule has 1 atom stereocenters. The van der Waals surface area contributed by atoms with Crippen LogP contribution in [0.15, 0.2) is 30.3 Å². The van der Waals surface area contributed by atoms with Crippen LogP contribution in [0.4, 0.5) is 10.1 Å². The number of hydrogen-bond acceptors (Lipinski definition) is 3. The molecule has 0 saturated carbocycles. The van der Waals surface area contributed by atoms with Gasteiger partial charge in [-0.05, 0) is 32.0 Å². The molecule has 0 aliphatic rings. The zero-order chi connectivity index (χ0) is 13.1. The first-order chi connectivity index (χ1) is 8.61. The van der Waals surface area contributed by atoms with Crippen LogP contribution in [0, 0.1) is 31.0 Å². The first kappa shape index (κ1) is 12.6. The van der Waals surface area contributed by atoms with Crippen LogP contribution in [-0.4, -0.2) is 0 Å². The molecule has 1 unspecified atom stereocenters. The lowest BCUT2D eigenvalue weighted by atomic mass is 10.1. The van der Waals surface area contributed by atoms with Gasteiger partial charge in [0, 0.05) is 15.3 Å². The molecule has 0 bridgehead atoms. The Morgan fingerprint density at radius 1 is 1.33 bits per heavy atom. The fourth-order valence-electron chi connectivity index (χ4n) is 1.85. The van der Waals surface area contributed by atoms with E-state index >= 15 is 0 Å². The fourth-order valence-corrected chi connectivity index (χ4v) is 2.81. The molecular formula is C14H13FN2S. The summed E-state index contributed by atoms with van der Waals surface area (Å²) >= 11 is 1.64. The van der Waals surface area contributed by atoms with Gasteiger partial charge in [-0.3, -0.25) is 0 Å². The number of para-hydroxylation sites is 1. The largest absolute Gasteiger partial charge is 0.364 e. The number of rotatable bonds is 3. The highest BCUT2D eigenvalue weighted by Gasteiger charge is 2.16. The third-order valence-corrected chi connectivity index (χ3v) is 3.67. The van der Waals surface area contributed by atoms with Gasteiger partial charge in [0.2, 0.25) is 0 Å². The predicted octanol–water partition coefficient (Wildman–Crippen LogP) is 4.18. The predicted molar refractivity (Wildman–Crippen MR) is 72.2 cm³/mol. The minimum Gasteiger partial charge on any atom is -0.364 e. The number of benzene rings is 1. The number of nitrogens with one attached hydrogen (secondary N) is 1. The Hall–Kier alpha value is -1.86. The van der Waals surface area contributed by atoms with E-state index in [0.717, 1.165) is 15.3 Å². The SMILES string of the molecule is Cc1cc(C(C#N)Nc2ccccc2F)c(C)s1. The fraction of sp³-hybridized carbons (Fsp3) is 0.214. The number of hydrogen-bond donors (Lipinski definition) is 1. The van der Waals surface area contributed by atoms with Crippen molar-refractivity contribution in [3.05, 3.63) is 51.5 Å². The molecule has 0 radical (unpaired) electrons. The summed E-state index contributed by atoms with van der Waals surface area (Å²) in [6.45, 7) is 3.97. The van der Waals surface area contributed by atoms with Gasteiger partial charge in [0.25, 0.3) is 0 Å². The standard InChI is InChI=1S/C14H13FN2S/c1-9-7-11(10(2)18-9)14(8-16)17-13-6-4-3-5-12(13)15/h3-7,14,17H,1-2H3. The number of thiophene rings is 1. The average molecular weight is 260 g/mol. The first-order valence-corrected chi connectivity index (χ1v) is 6.41. The Labute approximate surface area is 110 Å². The Bertz CT molecular complexity index is 598. The van der Waals surface area contributed by atoms with Gasteiger partial charge in [-0.15, -0.1) is 11.3 Å². The number of nitrogens with zero attached hydrogens (tertiary/aromatic N) is 1. The number of nitriles is 1. The van der Waals surface area contributed by atoms with Crippen molar-refractivity contribution in [1.29, 1.82) is 5.26 Å². The van der Waals surface area contributed by atoms with E-state index < -0.39 is 6.04 Å². The monoisotopic (exact) mass is 260 g/mol. The van der Waals surface area contributed by atoms with E-state index in [2.05, 4.69) is 11.4 Å². The number of anilines is 1. The zero-order valence-corrected chi connectivity index (χ0v) is 11.0. The van der Waals surface area contributed by atoms with E-state index in [4.69, 9.17) is 0 Å². The molecule has 0 amide bonds. The molecule has 2 nitrogen and oxygen atoms in total. The molecule has 0 spiro atoms. The summed E-state index contributed by atoms with van der Waals surface area (Å²) in [6, 6.07) is 10.0. The first-order valence-electron chi connectivity index (χ1n) is 5.59. The van der Waals surface area contributed by atoms with Gasteiger partial charge in [0.15, 0.2) is 0 Å². The minimum atomic E-state index is -0.521. The lowest BCUT2D eigenvalue weighted by Gasteiger charge is -2.13. The van der Waals surface area contributed by atoms with Gasteiger partial charge in [0.1, 0.15) is 11.9 Å². The average Bonchev–Trinajstić information content (AvgIpc) is 2.67. The van der Waals surface area contributed by atoms with E-state index in [1.807, 2.05) is 19.9 Å². The van der Waals surface area contributed by atoms with E-state index in [-0.39, 0.29) is 5.82 Å². The second-order valence-corrected chi connectivity index (χ2v) is 5.52. The second kappa shape index (κ2) is 5.19. The van der Waals surface area contributed by atoms with E-state index in [9.17, 15) is 9.65 Å². The molecule has 0 fully saturated rings. The van der Waals surface area contributed by atoms with Crippen molar-refractivity contribution in [3.63, 3.8) is 0 Å². The van der Waals surface area contributed by atoms with Crippen molar-refractivity contribution in [2.24, 2.45) is 0 Å². The maximum absolute atomic E-state index is 13.5. The van der Waals surface area contributed by atoms with Crippen molar-refractivity contribution < 1.29 is 4.39 Å². The van der Waals surface area contributed by atoms with Crippen molar-refractivity contribution >= 4 is 17.0 Å². The Morgan fingerprint density at radius 2 is 2.06 bits per heavy atom. The van der Waals surface area contributed by atoms with Crippen molar-refractivity contribution in [2.45, 2.75) is 19.9 Å². The number of halogens is 1. The molecule has 1 aromatic heterocycles. The van der Waals surface area contributed by atoms with Gasteiger partial charge in [-0.2, -0.15) is 5.26 Å². The Morgan fingerprint density at radius 3 is 2.61 bits per heavy atom. The summed E-state index contributed by atoms with van der Waals surface area (Å²) in [5.41, 5.74) is 1.27. The van der Waals surface area contributed by atoms with Crippen LogP contribution in [0.2, 0.25) is 0 Å². The van der Waals surface area contributed by atoms with Gasteiger partial charge >= 0.3 is 0 Å². The maximum Gasteiger partial charge on any atom is 0.146 e. The summed E-state index contributed by atoms with van der Waals surface area (Å²) in [7, 11) is 0. The van der Waals surface area contributed by atoms with Gasteiger partial charge in [-0.25, -0.2) is 4.39 Å². The van der Waals surface area contributed by atoms with Crippen LogP contribution in [-0.2, 0) is 0 Å². The van der Waals surface area contributed by atoms with Gasteiger partial charge in [0.05, 0.1) is 11.8 Å². The third kappa shape index (κ3) is 2.52. The summed E-state index contributed by atoms with van der Waals surface area (Å²) in [5, 5.41) is 12.2. The smallest absolute Gasteiger partial charge is 0.146 e. The molecule has 2 aromatic rings. The lowest BCUT2D eigenvalue weighted by Crippen LogP contribution is -2.09. The molecule has 0 saturated heterocycles. The van der Waals surface area contributed by atoms with Gasteiger partial charge in [-0.1, -0.05) is 12.1 Å². The topological polar surface area (TPSA) is 35.8 Å². The molecule has 0 aliphatic heterocycles. The van der Waals surface area contributed by atoms with Crippen LogP contribution in [0.1, 0.15) is 21.4 Å². The Balaban J connectivity index is 2.29. The highest BCUT2D eigenvalue weighted by atomic mass is 32.1. The molecule has 1 heterocycles. The van der Waals surface area contributed by atoms with Crippen LogP contribution >= 0.6 is 11.3 Å². The Kier molecular flexibility index (Phi) is 3.63. The number of aryl methyl sites for hydroxylation is 2. The highest BCUT2D eigenvalue weighted by Crippen LogP contribution is 2.29. The van der Waals surface area contributed by atoms with E-state index in [1.54, 1.807) is 29.5 Å². The highest BCUT2D eigenvalue weighted by molar-refractivity contribution is 7.12. The minimum absolute atomic E-state index is 0.345. The molecule has 4 heteroatoms. The van der Waals surface area contributed by atoms with Gasteiger partial charge < -0.3 is 5.32 Å². The quantitative estimate of drug-likeness (QED) is 0.898. The maximum atomic E-state index is 13.5.